The largest absolute Gasteiger partial charge is 0.375 e. The van der Waals surface area contributed by atoms with Gasteiger partial charge in [0.15, 0.2) is 0 Å². The Kier molecular flexibility index (Phi) is 5.29. The molecule has 138 valence electrons. The summed E-state index contributed by atoms with van der Waals surface area (Å²) in [5, 5.41) is 0. The van der Waals surface area contributed by atoms with E-state index in [2.05, 4.69) is 32.9 Å². The summed E-state index contributed by atoms with van der Waals surface area (Å²) in [4.78, 5) is 13.7. The van der Waals surface area contributed by atoms with E-state index in [1.54, 1.807) is 0 Å². The third-order valence-electron chi connectivity index (χ3n) is 5.87. The summed E-state index contributed by atoms with van der Waals surface area (Å²) in [6, 6.07) is 10.2. The van der Waals surface area contributed by atoms with Crippen molar-refractivity contribution in [2.24, 2.45) is 11.3 Å². The van der Waals surface area contributed by atoms with Crippen LogP contribution in [-0.4, -0.2) is 59.6 Å². The van der Waals surface area contributed by atoms with E-state index in [1.165, 1.54) is 25.1 Å². The Balaban J connectivity index is 1.35. The van der Waals surface area contributed by atoms with Gasteiger partial charge in [-0.1, -0.05) is 12.1 Å². The molecule has 0 N–H and O–H groups in total. The lowest BCUT2D eigenvalue weighted by molar-refractivity contribution is 0.0501. The summed E-state index contributed by atoms with van der Waals surface area (Å²) in [5.41, 5.74) is 2.68. The average Bonchev–Trinajstić information content (AvgIpc) is 3.20. The van der Waals surface area contributed by atoms with Crippen LogP contribution >= 0.6 is 0 Å². The summed E-state index contributed by atoms with van der Waals surface area (Å²) < 4.78 is 6.07. The first kappa shape index (κ1) is 17.6. The maximum absolute atomic E-state index is 6.07. The molecule has 2 fully saturated rings. The third-order valence-corrected chi connectivity index (χ3v) is 5.87. The number of aromatic nitrogens is 2. The predicted octanol–water partition coefficient (Wildman–Crippen LogP) is 2.45. The van der Waals surface area contributed by atoms with Gasteiger partial charge in [-0.3, -0.25) is 14.9 Å². The van der Waals surface area contributed by atoms with Crippen LogP contribution in [0.4, 0.5) is 0 Å². The van der Waals surface area contributed by atoms with Crippen LogP contribution in [0.1, 0.15) is 17.7 Å². The number of nitrogens with zero attached hydrogens (tertiary/aromatic N) is 4. The normalized spacial score (nSPS) is 26.7. The molecule has 0 unspecified atom stereocenters. The second-order valence-electron chi connectivity index (χ2n) is 7.91. The molecule has 2 aliphatic rings. The minimum atomic E-state index is 0.362. The quantitative estimate of drug-likeness (QED) is 0.799. The van der Waals surface area contributed by atoms with Crippen LogP contribution < -0.4 is 0 Å². The Hall–Kier alpha value is -1.82. The van der Waals surface area contributed by atoms with Crippen molar-refractivity contribution in [2.75, 3.05) is 39.8 Å². The van der Waals surface area contributed by atoms with Crippen LogP contribution in [0.5, 0.6) is 0 Å². The van der Waals surface area contributed by atoms with Crippen LogP contribution in [0.25, 0.3) is 0 Å². The summed E-state index contributed by atoms with van der Waals surface area (Å²) >= 11 is 0. The standard InChI is InChI=1S/C21H28N4O/c1-24-13-19(14-26-15-20-6-2-3-9-23-20)21(16-24)7-10-25(17-21)12-18-5-4-8-22-11-18/h2-6,8-9,11,19H,7,10,12-17H2,1H3/t19-,21-/m0/s1. The molecule has 0 aromatic carbocycles. The maximum atomic E-state index is 6.07. The van der Waals surface area contributed by atoms with E-state index in [0.29, 0.717) is 17.9 Å². The molecule has 2 aromatic rings. The van der Waals surface area contributed by atoms with Crippen LogP contribution in [0.2, 0.25) is 0 Å². The number of ether oxygens (including phenoxy) is 1. The first-order valence-corrected chi connectivity index (χ1v) is 9.51. The third kappa shape index (κ3) is 3.95. The van der Waals surface area contributed by atoms with Gasteiger partial charge in [0.2, 0.25) is 0 Å². The second-order valence-corrected chi connectivity index (χ2v) is 7.91. The van der Waals surface area contributed by atoms with Crippen molar-refractivity contribution in [3.63, 3.8) is 0 Å². The maximum Gasteiger partial charge on any atom is 0.0887 e. The molecule has 1 spiro atoms. The van der Waals surface area contributed by atoms with Gasteiger partial charge in [-0.05, 0) is 43.8 Å². The van der Waals surface area contributed by atoms with Crippen LogP contribution in [0.3, 0.4) is 0 Å². The van der Waals surface area contributed by atoms with E-state index in [9.17, 15) is 0 Å². The SMILES string of the molecule is CN1C[C@@H](COCc2ccccn2)[C@@]2(CCN(Cc3cccnc3)C2)C1. The van der Waals surface area contributed by atoms with E-state index in [0.717, 1.165) is 31.9 Å². The highest BCUT2D eigenvalue weighted by molar-refractivity contribution is 5.10. The van der Waals surface area contributed by atoms with E-state index in [-0.39, 0.29) is 0 Å². The Morgan fingerprint density at radius 2 is 2.15 bits per heavy atom. The lowest BCUT2D eigenvalue weighted by Gasteiger charge is -2.30. The van der Waals surface area contributed by atoms with E-state index in [1.807, 2.05) is 42.9 Å². The van der Waals surface area contributed by atoms with Gasteiger partial charge >= 0.3 is 0 Å². The molecule has 26 heavy (non-hydrogen) atoms. The van der Waals surface area contributed by atoms with Gasteiger partial charge in [0.25, 0.3) is 0 Å². The van der Waals surface area contributed by atoms with Crippen LogP contribution in [-0.2, 0) is 17.9 Å². The van der Waals surface area contributed by atoms with Crippen molar-refractivity contribution in [3.05, 3.63) is 60.2 Å². The molecule has 0 amide bonds. The van der Waals surface area contributed by atoms with Crippen LogP contribution in [0.15, 0.2) is 48.9 Å². The number of likely N-dealkylation sites (tertiary alicyclic amines) is 2. The van der Waals surface area contributed by atoms with Crippen molar-refractivity contribution in [3.8, 4) is 0 Å². The number of pyridine rings is 2. The highest BCUT2D eigenvalue weighted by Gasteiger charge is 2.49. The highest BCUT2D eigenvalue weighted by atomic mass is 16.5. The molecule has 5 heteroatoms. The number of hydrogen-bond donors (Lipinski definition) is 0. The Morgan fingerprint density at radius 3 is 2.96 bits per heavy atom. The van der Waals surface area contributed by atoms with E-state index in [4.69, 9.17) is 4.74 Å². The van der Waals surface area contributed by atoms with Gasteiger partial charge in [-0.15, -0.1) is 0 Å². The lowest BCUT2D eigenvalue weighted by atomic mass is 9.77. The van der Waals surface area contributed by atoms with Gasteiger partial charge in [0.1, 0.15) is 0 Å². The molecular formula is C21H28N4O. The zero-order chi connectivity index (χ0) is 17.8. The zero-order valence-electron chi connectivity index (χ0n) is 15.6. The minimum Gasteiger partial charge on any atom is -0.375 e. The molecule has 0 radical (unpaired) electrons. The molecule has 0 saturated carbocycles. The Labute approximate surface area is 156 Å². The van der Waals surface area contributed by atoms with Crippen molar-refractivity contribution >= 4 is 0 Å². The number of rotatable bonds is 6. The van der Waals surface area contributed by atoms with Gasteiger partial charge in [-0.25, -0.2) is 0 Å². The van der Waals surface area contributed by atoms with Gasteiger partial charge in [0.05, 0.1) is 18.9 Å². The fourth-order valence-electron chi connectivity index (χ4n) is 4.65. The summed E-state index contributed by atoms with van der Waals surface area (Å²) in [6.07, 6.45) is 6.92. The van der Waals surface area contributed by atoms with Crippen molar-refractivity contribution in [1.82, 2.24) is 19.8 Å². The molecule has 4 heterocycles. The Morgan fingerprint density at radius 1 is 1.19 bits per heavy atom. The second kappa shape index (κ2) is 7.82. The fraction of sp³-hybridized carbons (Fsp3) is 0.524. The minimum absolute atomic E-state index is 0.362. The molecule has 5 nitrogen and oxygen atoms in total. The smallest absolute Gasteiger partial charge is 0.0887 e. The molecule has 2 saturated heterocycles. The van der Waals surface area contributed by atoms with Gasteiger partial charge < -0.3 is 9.64 Å². The zero-order valence-corrected chi connectivity index (χ0v) is 15.6. The van der Waals surface area contributed by atoms with E-state index >= 15 is 0 Å². The molecule has 0 aliphatic carbocycles. The first-order chi connectivity index (χ1) is 12.7. The highest BCUT2D eigenvalue weighted by Crippen LogP contribution is 2.43. The Bertz CT molecular complexity index is 696. The van der Waals surface area contributed by atoms with Crippen molar-refractivity contribution in [1.29, 1.82) is 0 Å². The molecule has 0 bridgehead atoms. The van der Waals surface area contributed by atoms with Crippen LogP contribution in [0, 0.1) is 11.3 Å². The van der Waals surface area contributed by atoms with Gasteiger partial charge in [-0.2, -0.15) is 0 Å². The summed E-state index contributed by atoms with van der Waals surface area (Å²) in [7, 11) is 2.24. The first-order valence-electron chi connectivity index (χ1n) is 9.51. The van der Waals surface area contributed by atoms with E-state index < -0.39 is 0 Å². The van der Waals surface area contributed by atoms with Gasteiger partial charge in [0, 0.05) is 56.1 Å². The molecular weight excluding hydrogens is 324 g/mol. The molecule has 2 atom stereocenters. The number of hydrogen-bond acceptors (Lipinski definition) is 5. The van der Waals surface area contributed by atoms with Crippen molar-refractivity contribution in [2.45, 2.75) is 19.6 Å². The fourth-order valence-corrected chi connectivity index (χ4v) is 4.65. The molecule has 2 aromatic heterocycles. The average molecular weight is 352 g/mol. The predicted molar refractivity (Wildman–Crippen MR) is 101 cm³/mol. The topological polar surface area (TPSA) is 41.5 Å². The van der Waals surface area contributed by atoms with Crippen molar-refractivity contribution < 1.29 is 4.74 Å². The molecule has 2 aliphatic heterocycles. The summed E-state index contributed by atoms with van der Waals surface area (Å²) in [6.45, 7) is 7.05. The summed E-state index contributed by atoms with van der Waals surface area (Å²) in [5.74, 6) is 0.593. The monoisotopic (exact) mass is 352 g/mol. The lowest BCUT2D eigenvalue weighted by Crippen LogP contribution is -2.36. The molecule has 4 rings (SSSR count).